The van der Waals surface area contributed by atoms with Crippen molar-refractivity contribution in [3.05, 3.63) is 82.0 Å². The lowest BCUT2D eigenvalue weighted by molar-refractivity contribution is 0.0998. The Balaban J connectivity index is 1.77. The smallest absolute Gasteiger partial charge is 0.279 e. The van der Waals surface area contributed by atoms with Gasteiger partial charge in [-0.15, -0.1) is 0 Å². The molecule has 0 spiro atoms. The second-order valence-electron chi connectivity index (χ2n) is 5.65. The Labute approximate surface area is 163 Å². The van der Waals surface area contributed by atoms with E-state index < -0.39 is 5.91 Å². The number of hydrogen-bond donors (Lipinski definition) is 1. The minimum atomic E-state index is -0.410. The van der Waals surface area contributed by atoms with Crippen LogP contribution in [-0.4, -0.2) is 30.4 Å². The van der Waals surface area contributed by atoms with Gasteiger partial charge >= 0.3 is 0 Å². The zero-order chi connectivity index (χ0) is 18.8. The van der Waals surface area contributed by atoms with Crippen molar-refractivity contribution in [2.75, 3.05) is 0 Å². The van der Waals surface area contributed by atoms with Gasteiger partial charge in [0.15, 0.2) is 11.1 Å². The minimum absolute atomic E-state index is 0.255. The third-order valence-electron chi connectivity index (χ3n) is 3.96. The van der Waals surface area contributed by atoms with Gasteiger partial charge in [0.05, 0.1) is 19.2 Å². The molecule has 0 aliphatic carbocycles. The van der Waals surface area contributed by atoms with Gasteiger partial charge in [-0.25, -0.2) is 9.97 Å². The van der Waals surface area contributed by atoms with Crippen LogP contribution in [0.4, 0.5) is 0 Å². The summed E-state index contributed by atoms with van der Waals surface area (Å²) in [6, 6.07) is 8.52. The molecule has 7 nitrogen and oxygen atoms in total. The highest BCUT2D eigenvalue weighted by molar-refractivity contribution is 6.36. The van der Waals surface area contributed by atoms with Crippen LogP contribution in [0.1, 0.15) is 15.9 Å². The molecule has 0 aliphatic heterocycles. The minimum Gasteiger partial charge on any atom is -0.340 e. The van der Waals surface area contributed by atoms with E-state index in [9.17, 15) is 4.79 Å². The average molecular weight is 399 g/mol. The van der Waals surface area contributed by atoms with Gasteiger partial charge in [-0.2, -0.15) is 4.99 Å². The van der Waals surface area contributed by atoms with Gasteiger partial charge in [-0.3, -0.25) is 9.78 Å². The first-order chi connectivity index (χ1) is 13.1. The number of nitrogens with zero attached hydrogens (tertiary/aromatic N) is 5. The standard InChI is InChI=1S/C18H12Cl2N6O/c19-13-2-1-3-14(20)12(13)8-26-10-24-16(15-17(26)23-9-22-15)25-18(27)11-4-6-21-7-5-11/h1-7,9-10H,8H2,(H,22,23). The Bertz CT molecular complexity index is 1180. The van der Waals surface area contributed by atoms with Crippen molar-refractivity contribution in [3.8, 4) is 0 Å². The summed E-state index contributed by atoms with van der Waals surface area (Å²) in [5, 5.41) is 1.11. The third kappa shape index (κ3) is 3.47. The maximum absolute atomic E-state index is 12.3. The molecule has 4 aromatic rings. The molecule has 0 bridgehead atoms. The molecular formula is C18H12Cl2N6O. The van der Waals surface area contributed by atoms with E-state index in [-0.39, 0.29) is 5.49 Å². The normalized spacial score (nSPS) is 11.9. The number of H-pyrrole nitrogens is 1. The molecule has 0 radical (unpaired) electrons. The molecule has 9 heteroatoms. The summed E-state index contributed by atoms with van der Waals surface area (Å²) in [6.45, 7) is 0.380. The molecule has 4 rings (SSSR count). The number of benzene rings is 1. The number of aromatic amines is 1. The highest BCUT2D eigenvalue weighted by Gasteiger charge is 2.11. The number of rotatable bonds is 3. The fourth-order valence-corrected chi connectivity index (χ4v) is 3.14. The molecule has 0 atom stereocenters. The van der Waals surface area contributed by atoms with E-state index in [1.165, 1.54) is 18.7 Å². The Hall–Kier alpha value is -3.03. The largest absolute Gasteiger partial charge is 0.340 e. The summed E-state index contributed by atoms with van der Waals surface area (Å²) in [7, 11) is 0. The molecule has 0 saturated carbocycles. The zero-order valence-electron chi connectivity index (χ0n) is 13.8. The predicted molar refractivity (Wildman–Crippen MR) is 102 cm³/mol. The number of carbonyl (C=O) groups is 1. The fourth-order valence-electron chi connectivity index (χ4n) is 2.62. The maximum atomic E-state index is 12.3. The van der Waals surface area contributed by atoms with Gasteiger partial charge in [0, 0.05) is 33.6 Å². The summed E-state index contributed by atoms with van der Waals surface area (Å²) in [6.07, 6.45) is 6.15. The van der Waals surface area contributed by atoms with E-state index in [1.807, 2.05) is 0 Å². The SMILES string of the molecule is O=C(N=c1ncn(Cc2c(Cl)cccc2Cl)c2nc[nH]c12)c1ccncc1. The molecule has 1 amide bonds. The van der Waals surface area contributed by atoms with E-state index in [0.29, 0.717) is 33.3 Å². The lowest BCUT2D eigenvalue weighted by Gasteiger charge is -2.10. The average Bonchev–Trinajstić information content (AvgIpc) is 3.17. The first-order valence-electron chi connectivity index (χ1n) is 7.94. The van der Waals surface area contributed by atoms with Crippen molar-refractivity contribution in [2.24, 2.45) is 4.99 Å². The van der Waals surface area contributed by atoms with Crippen LogP contribution in [0.3, 0.4) is 0 Å². The summed E-state index contributed by atoms with van der Waals surface area (Å²) in [5.74, 6) is -0.410. The van der Waals surface area contributed by atoms with Crippen molar-refractivity contribution >= 4 is 40.3 Å². The van der Waals surface area contributed by atoms with E-state index in [2.05, 4.69) is 24.9 Å². The molecule has 0 fully saturated rings. The van der Waals surface area contributed by atoms with Crippen molar-refractivity contribution < 1.29 is 4.79 Å². The van der Waals surface area contributed by atoms with Gasteiger partial charge in [0.1, 0.15) is 5.52 Å². The number of carbonyl (C=O) groups excluding carboxylic acids is 1. The maximum Gasteiger partial charge on any atom is 0.279 e. The van der Waals surface area contributed by atoms with Crippen LogP contribution in [-0.2, 0) is 6.54 Å². The monoisotopic (exact) mass is 398 g/mol. The first kappa shape index (κ1) is 17.4. The molecule has 27 heavy (non-hydrogen) atoms. The van der Waals surface area contributed by atoms with Crippen LogP contribution in [0.2, 0.25) is 10.0 Å². The lowest BCUT2D eigenvalue weighted by atomic mass is 10.2. The molecule has 134 valence electrons. The number of nitrogens with one attached hydrogen (secondary N) is 1. The number of hydrogen-bond acceptors (Lipinski definition) is 4. The summed E-state index contributed by atoms with van der Waals surface area (Å²) in [5.41, 5.74) is 2.57. The second kappa shape index (κ2) is 7.30. The molecule has 0 aliphatic rings. The van der Waals surface area contributed by atoms with Gasteiger partial charge in [0.2, 0.25) is 0 Å². The van der Waals surface area contributed by atoms with Crippen molar-refractivity contribution in [2.45, 2.75) is 6.54 Å². The summed E-state index contributed by atoms with van der Waals surface area (Å²) >= 11 is 12.5. The van der Waals surface area contributed by atoms with E-state index in [0.717, 1.165) is 5.56 Å². The Morgan fingerprint density at radius 1 is 1.11 bits per heavy atom. The first-order valence-corrected chi connectivity index (χ1v) is 8.69. The van der Waals surface area contributed by atoms with Crippen molar-refractivity contribution in [1.82, 2.24) is 24.5 Å². The number of fused-ring (bicyclic) bond motifs is 1. The third-order valence-corrected chi connectivity index (χ3v) is 4.67. The molecule has 3 heterocycles. The molecular weight excluding hydrogens is 387 g/mol. The van der Waals surface area contributed by atoms with E-state index >= 15 is 0 Å². The van der Waals surface area contributed by atoms with Gasteiger partial charge in [-0.05, 0) is 24.3 Å². The highest BCUT2D eigenvalue weighted by Crippen LogP contribution is 2.25. The zero-order valence-corrected chi connectivity index (χ0v) is 15.3. The number of amides is 1. The van der Waals surface area contributed by atoms with Crippen LogP contribution in [0.5, 0.6) is 0 Å². The van der Waals surface area contributed by atoms with Gasteiger partial charge < -0.3 is 9.55 Å². The topological polar surface area (TPSA) is 88.8 Å². The number of imidazole rings is 1. The Morgan fingerprint density at radius 2 is 1.85 bits per heavy atom. The quantitative estimate of drug-likeness (QED) is 0.573. The van der Waals surface area contributed by atoms with Crippen LogP contribution in [0.25, 0.3) is 11.2 Å². The molecule has 1 N–H and O–H groups in total. The molecule has 3 aromatic heterocycles. The summed E-state index contributed by atoms with van der Waals surface area (Å²) < 4.78 is 1.79. The highest BCUT2D eigenvalue weighted by atomic mass is 35.5. The molecule has 0 unspecified atom stereocenters. The van der Waals surface area contributed by atoms with Gasteiger partial charge in [0.25, 0.3) is 5.91 Å². The van der Waals surface area contributed by atoms with Crippen LogP contribution < -0.4 is 5.49 Å². The van der Waals surface area contributed by atoms with Gasteiger partial charge in [-0.1, -0.05) is 29.3 Å². The second-order valence-corrected chi connectivity index (χ2v) is 6.46. The van der Waals surface area contributed by atoms with Crippen molar-refractivity contribution in [3.63, 3.8) is 0 Å². The van der Waals surface area contributed by atoms with Crippen LogP contribution in [0.15, 0.2) is 60.4 Å². The Kier molecular flexibility index (Phi) is 4.70. The van der Waals surface area contributed by atoms with Crippen molar-refractivity contribution in [1.29, 1.82) is 0 Å². The number of halogens is 2. The number of pyridine rings is 1. The molecule has 1 aromatic carbocycles. The predicted octanol–water partition coefficient (Wildman–Crippen LogP) is 3.25. The van der Waals surface area contributed by atoms with E-state index in [1.54, 1.807) is 41.2 Å². The van der Waals surface area contributed by atoms with E-state index in [4.69, 9.17) is 23.2 Å². The lowest BCUT2D eigenvalue weighted by Crippen LogP contribution is -2.17. The Morgan fingerprint density at radius 3 is 2.59 bits per heavy atom. The number of aromatic nitrogens is 5. The van der Waals surface area contributed by atoms with Crippen LogP contribution in [0, 0.1) is 0 Å². The molecule has 0 saturated heterocycles. The van der Waals surface area contributed by atoms with Crippen LogP contribution >= 0.6 is 23.2 Å². The fraction of sp³-hybridized carbons (Fsp3) is 0.0556. The summed E-state index contributed by atoms with van der Waals surface area (Å²) in [4.78, 5) is 31.9.